The third-order valence-electron chi connectivity index (χ3n) is 3.69. The number of carbonyl (C=O) groups is 1. The Kier molecular flexibility index (Phi) is 4.31. The molecule has 0 saturated heterocycles. The molecule has 0 radical (unpaired) electrons. The van der Waals surface area contributed by atoms with Crippen molar-refractivity contribution in [1.82, 2.24) is 5.32 Å². The first-order valence-electron chi connectivity index (χ1n) is 6.87. The van der Waals surface area contributed by atoms with Crippen LogP contribution in [0.1, 0.15) is 37.6 Å². The molecule has 0 bridgehead atoms. The summed E-state index contributed by atoms with van der Waals surface area (Å²) in [7, 11) is 1.68. The van der Waals surface area contributed by atoms with Crippen LogP contribution in [0.4, 0.5) is 0 Å². The number of aryl methyl sites for hydroxylation is 1. The predicted molar refractivity (Wildman–Crippen MR) is 88.7 cm³/mol. The van der Waals surface area contributed by atoms with Gasteiger partial charge in [-0.2, -0.15) is 0 Å². The smallest absolute Gasteiger partial charge is 0.251 e. The van der Waals surface area contributed by atoms with Gasteiger partial charge in [0.15, 0.2) is 0 Å². The Hall–Kier alpha value is -1.33. The molecule has 21 heavy (non-hydrogen) atoms. The highest BCUT2D eigenvalue weighted by Gasteiger charge is 2.21. The van der Waals surface area contributed by atoms with E-state index in [9.17, 15) is 4.79 Å². The van der Waals surface area contributed by atoms with Gasteiger partial charge in [0.25, 0.3) is 5.91 Å². The number of hydrogen-bond donors (Lipinski definition) is 1. The lowest BCUT2D eigenvalue weighted by molar-refractivity contribution is 0.0956. The minimum absolute atomic E-state index is 0.0298. The number of rotatable bonds is 3. The number of benzene rings is 1. The van der Waals surface area contributed by atoms with Crippen molar-refractivity contribution in [3.63, 3.8) is 0 Å². The maximum absolute atomic E-state index is 12.1. The second-order valence-corrected chi connectivity index (χ2v) is 6.86. The molecule has 1 aromatic heterocycles. The van der Waals surface area contributed by atoms with Gasteiger partial charge in [-0.25, -0.2) is 0 Å². The van der Waals surface area contributed by atoms with Crippen LogP contribution in [0.25, 0.3) is 0 Å². The molecule has 1 aliphatic rings. The van der Waals surface area contributed by atoms with Crippen LogP contribution in [0.5, 0.6) is 5.75 Å². The van der Waals surface area contributed by atoms with Crippen molar-refractivity contribution < 1.29 is 9.53 Å². The fourth-order valence-electron chi connectivity index (χ4n) is 2.57. The van der Waals surface area contributed by atoms with Crippen LogP contribution in [-0.4, -0.2) is 19.6 Å². The summed E-state index contributed by atoms with van der Waals surface area (Å²) in [5, 5.41) is 4.96. The monoisotopic (exact) mass is 365 g/mol. The van der Waals surface area contributed by atoms with E-state index in [-0.39, 0.29) is 10.7 Å². The Morgan fingerprint density at radius 3 is 3.05 bits per heavy atom. The summed E-state index contributed by atoms with van der Waals surface area (Å²) in [6.07, 6.45) is 1.94. The fraction of sp³-hybridized carbons (Fsp3) is 0.312. The largest absolute Gasteiger partial charge is 0.496 e. The van der Waals surface area contributed by atoms with Crippen molar-refractivity contribution in [3.05, 3.63) is 51.2 Å². The molecule has 1 atom stereocenters. The summed E-state index contributed by atoms with van der Waals surface area (Å²) in [5.41, 5.74) is 3.00. The van der Waals surface area contributed by atoms with Gasteiger partial charge in [0, 0.05) is 12.1 Å². The zero-order valence-electron chi connectivity index (χ0n) is 11.7. The van der Waals surface area contributed by atoms with Gasteiger partial charge in [0.2, 0.25) is 0 Å². The number of carbonyl (C=O) groups excluding carboxylic acids is 1. The molecule has 110 valence electrons. The molecule has 3 rings (SSSR count). The Labute approximate surface area is 136 Å². The Morgan fingerprint density at radius 2 is 2.24 bits per heavy atom. The number of ether oxygens (including phenoxy) is 1. The molecule has 1 aromatic carbocycles. The average molecular weight is 366 g/mol. The summed E-state index contributed by atoms with van der Waals surface area (Å²) < 4.78 is 5.38. The van der Waals surface area contributed by atoms with Crippen molar-refractivity contribution in [2.24, 2.45) is 0 Å². The minimum Gasteiger partial charge on any atom is -0.496 e. The number of nitrogens with one attached hydrogen (secondary N) is 1. The molecule has 1 unspecified atom stereocenters. The number of thiophene rings is 1. The molecular weight excluding hydrogens is 350 g/mol. The normalized spacial score (nSPS) is 15.8. The van der Waals surface area contributed by atoms with Crippen LogP contribution in [-0.2, 0) is 6.42 Å². The van der Waals surface area contributed by atoms with Gasteiger partial charge in [0.1, 0.15) is 5.75 Å². The van der Waals surface area contributed by atoms with Crippen LogP contribution < -0.4 is 10.1 Å². The van der Waals surface area contributed by atoms with Gasteiger partial charge in [-0.05, 0) is 41.5 Å². The lowest BCUT2D eigenvalue weighted by atomic mass is 9.99. The highest BCUT2D eigenvalue weighted by atomic mass is 79.9. The van der Waals surface area contributed by atoms with E-state index < -0.39 is 0 Å². The van der Waals surface area contributed by atoms with E-state index in [1.54, 1.807) is 18.4 Å². The Morgan fingerprint density at radius 1 is 1.38 bits per heavy atom. The van der Waals surface area contributed by atoms with Crippen LogP contribution in [0.15, 0.2) is 29.6 Å². The van der Waals surface area contributed by atoms with Gasteiger partial charge >= 0.3 is 0 Å². The zero-order valence-corrected chi connectivity index (χ0v) is 14.1. The van der Waals surface area contributed by atoms with Crippen molar-refractivity contribution >= 4 is 33.2 Å². The number of fused-ring (bicyclic) bond motifs is 1. The van der Waals surface area contributed by atoms with Gasteiger partial charge in [0.05, 0.1) is 16.8 Å². The van der Waals surface area contributed by atoms with Gasteiger partial charge in [-0.3, -0.25) is 4.79 Å². The molecule has 2 aromatic rings. The van der Waals surface area contributed by atoms with Gasteiger partial charge in [-0.15, -0.1) is 11.3 Å². The van der Waals surface area contributed by atoms with Crippen molar-refractivity contribution in [1.29, 1.82) is 0 Å². The van der Waals surface area contributed by atoms with Crippen LogP contribution in [0.3, 0.4) is 0 Å². The molecule has 1 amide bonds. The molecule has 2 heterocycles. The van der Waals surface area contributed by atoms with Gasteiger partial charge in [-0.1, -0.05) is 28.1 Å². The SMILES string of the molecule is COc1ccsc1C(Br)c1ccc2c(c1)C(=O)NCCC2. The predicted octanol–water partition coefficient (Wildman–Crippen LogP) is 3.92. The highest BCUT2D eigenvalue weighted by molar-refractivity contribution is 9.09. The van der Waals surface area contributed by atoms with Crippen molar-refractivity contribution in [3.8, 4) is 5.75 Å². The first-order chi connectivity index (χ1) is 10.2. The first kappa shape index (κ1) is 14.6. The summed E-state index contributed by atoms with van der Waals surface area (Å²) in [6, 6.07) is 8.12. The van der Waals surface area contributed by atoms with Crippen molar-refractivity contribution in [2.45, 2.75) is 17.7 Å². The zero-order chi connectivity index (χ0) is 14.8. The highest BCUT2D eigenvalue weighted by Crippen LogP contribution is 2.40. The molecule has 0 aliphatic carbocycles. The Bertz CT molecular complexity index is 668. The van der Waals surface area contributed by atoms with E-state index in [2.05, 4.69) is 33.4 Å². The van der Waals surface area contributed by atoms with E-state index in [1.807, 2.05) is 17.5 Å². The molecule has 0 fully saturated rings. The van der Waals surface area contributed by atoms with E-state index in [0.29, 0.717) is 0 Å². The summed E-state index contributed by atoms with van der Waals surface area (Å²) in [5.74, 6) is 0.906. The number of hydrogen-bond acceptors (Lipinski definition) is 3. The summed E-state index contributed by atoms with van der Waals surface area (Å²) in [6.45, 7) is 0.749. The third-order valence-corrected chi connectivity index (χ3v) is 5.94. The second kappa shape index (κ2) is 6.20. The van der Waals surface area contributed by atoms with E-state index in [4.69, 9.17) is 4.74 Å². The average Bonchev–Trinajstić information content (AvgIpc) is 2.91. The summed E-state index contributed by atoms with van der Waals surface area (Å²) in [4.78, 5) is 13.3. The molecule has 1 N–H and O–H groups in total. The number of methoxy groups -OCH3 is 1. The number of halogens is 1. The topological polar surface area (TPSA) is 38.3 Å². The second-order valence-electron chi connectivity index (χ2n) is 4.99. The first-order valence-corrected chi connectivity index (χ1v) is 8.66. The molecular formula is C16H16BrNO2S. The number of amides is 1. The Balaban J connectivity index is 1.98. The van der Waals surface area contributed by atoms with Crippen LogP contribution >= 0.6 is 27.3 Å². The summed E-state index contributed by atoms with van der Waals surface area (Å²) >= 11 is 5.38. The molecule has 5 heteroatoms. The standard InChI is InChI=1S/C16H16BrNO2S/c1-20-13-6-8-21-15(13)14(17)11-5-4-10-3-2-7-18-16(19)12(10)9-11/h4-6,8-9,14H,2-3,7H2,1H3,(H,18,19). The van der Waals surface area contributed by atoms with Crippen LogP contribution in [0.2, 0.25) is 0 Å². The lowest BCUT2D eigenvalue weighted by Crippen LogP contribution is -2.22. The van der Waals surface area contributed by atoms with Gasteiger partial charge < -0.3 is 10.1 Å². The quantitative estimate of drug-likeness (QED) is 0.837. The third kappa shape index (κ3) is 2.85. The minimum atomic E-state index is 0.0298. The van der Waals surface area contributed by atoms with E-state index >= 15 is 0 Å². The number of alkyl halides is 1. The molecule has 3 nitrogen and oxygen atoms in total. The molecule has 0 spiro atoms. The molecule has 0 saturated carbocycles. The lowest BCUT2D eigenvalue weighted by Gasteiger charge is -2.13. The molecule has 1 aliphatic heterocycles. The van der Waals surface area contributed by atoms with Crippen molar-refractivity contribution in [2.75, 3.05) is 13.7 Å². The maximum Gasteiger partial charge on any atom is 0.251 e. The fourth-order valence-corrected chi connectivity index (χ4v) is 4.27. The van der Waals surface area contributed by atoms with Crippen LogP contribution in [0, 0.1) is 0 Å². The maximum atomic E-state index is 12.1. The van der Waals surface area contributed by atoms with E-state index in [0.717, 1.165) is 46.7 Å². The van der Waals surface area contributed by atoms with E-state index in [1.165, 1.54) is 0 Å².